The number of hydrogen-bond acceptors (Lipinski definition) is 5. The van der Waals surface area contributed by atoms with Crippen LogP contribution in [0, 0.1) is 0 Å². The third kappa shape index (κ3) is 6.80. The molecule has 0 unspecified atom stereocenters. The highest BCUT2D eigenvalue weighted by atomic mass is 35.5. The maximum Gasteiger partial charge on any atom is 0.410 e. The van der Waals surface area contributed by atoms with Gasteiger partial charge in [0.05, 0.1) is 36.0 Å². The smallest absolute Gasteiger partial charge is 0.410 e. The number of ether oxygens (including phenoxy) is 3. The highest BCUT2D eigenvalue weighted by molar-refractivity contribution is 6.42. The molecule has 8 heteroatoms. The number of carbonyl (C=O) groups excluding carboxylic acids is 1. The topological polar surface area (TPSA) is 74.0 Å². The Morgan fingerprint density at radius 2 is 2.07 bits per heavy atom. The molecule has 1 saturated heterocycles. The maximum absolute atomic E-state index is 12.6. The number of hydrogen-bond donors (Lipinski definition) is 1. The molecule has 1 aromatic rings. The van der Waals surface area contributed by atoms with Gasteiger partial charge in [-0.25, -0.2) is 4.79 Å². The second kappa shape index (κ2) is 9.94. The fourth-order valence-corrected chi connectivity index (χ4v) is 3.19. The van der Waals surface area contributed by atoms with Crippen molar-refractivity contribution in [3.63, 3.8) is 0 Å². The summed E-state index contributed by atoms with van der Waals surface area (Å²) < 4.78 is 17.2. The molecule has 1 aliphatic rings. The number of amides is 1. The molecule has 6 nitrogen and oxygen atoms in total. The highest BCUT2D eigenvalue weighted by Crippen LogP contribution is 2.31. The van der Waals surface area contributed by atoms with Gasteiger partial charge in [0.1, 0.15) is 5.60 Å². The monoisotopic (exact) mass is 418 g/mol. The van der Waals surface area contributed by atoms with E-state index in [0.717, 1.165) is 5.56 Å². The minimum Gasteiger partial charge on any atom is -0.444 e. The van der Waals surface area contributed by atoms with Crippen LogP contribution in [0.4, 0.5) is 4.79 Å². The van der Waals surface area contributed by atoms with E-state index >= 15 is 0 Å². The number of rotatable bonds is 5. The van der Waals surface area contributed by atoms with E-state index in [9.17, 15) is 4.79 Å². The summed E-state index contributed by atoms with van der Waals surface area (Å²) >= 11 is 12.3. The van der Waals surface area contributed by atoms with Crippen LogP contribution in [0.15, 0.2) is 18.2 Å². The minimum atomic E-state index is -0.563. The molecule has 0 aromatic heterocycles. The molecular formula is C19H28Cl2N2O4. The molecule has 0 saturated carbocycles. The Kier molecular flexibility index (Phi) is 8.19. The molecule has 27 heavy (non-hydrogen) atoms. The van der Waals surface area contributed by atoms with Crippen LogP contribution in [0.25, 0.3) is 0 Å². The van der Waals surface area contributed by atoms with Crippen LogP contribution in [0.2, 0.25) is 10.0 Å². The van der Waals surface area contributed by atoms with Crippen LogP contribution >= 0.6 is 23.2 Å². The van der Waals surface area contributed by atoms with E-state index in [0.29, 0.717) is 49.5 Å². The first-order valence-electron chi connectivity index (χ1n) is 9.03. The van der Waals surface area contributed by atoms with Crippen molar-refractivity contribution >= 4 is 29.3 Å². The zero-order valence-electron chi connectivity index (χ0n) is 16.0. The Morgan fingerprint density at radius 3 is 2.70 bits per heavy atom. The van der Waals surface area contributed by atoms with Crippen LogP contribution in [-0.2, 0) is 14.2 Å². The number of nitrogens with zero attached hydrogens (tertiary/aromatic N) is 1. The summed E-state index contributed by atoms with van der Waals surface area (Å²) in [7, 11) is 0. The summed E-state index contributed by atoms with van der Waals surface area (Å²) in [4.78, 5) is 14.3. The van der Waals surface area contributed by atoms with E-state index in [4.69, 9.17) is 43.1 Å². The van der Waals surface area contributed by atoms with Gasteiger partial charge in [0.15, 0.2) is 0 Å². The number of nitrogens with two attached hydrogens (primary N) is 1. The van der Waals surface area contributed by atoms with Crippen molar-refractivity contribution in [2.45, 2.75) is 38.4 Å². The molecule has 1 amide bonds. The standard InChI is InChI=1S/C19H28Cl2N2O4/c1-19(2,3)27-18(24)23-7-9-26-17(12-25-8-6-22)14(11-23)13-4-5-15(20)16(21)10-13/h4-5,10,14,17H,6-9,11-12,22H2,1-3H3/t14-,17-/m0/s1. The molecule has 2 rings (SSSR count). The fraction of sp³-hybridized carbons (Fsp3) is 0.632. The number of carbonyl (C=O) groups is 1. The zero-order valence-corrected chi connectivity index (χ0v) is 17.6. The highest BCUT2D eigenvalue weighted by Gasteiger charge is 2.33. The molecule has 2 N–H and O–H groups in total. The first-order chi connectivity index (χ1) is 12.7. The van der Waals surface area contributed by atoms with Gasteiger partial charge in [-0.2, -0.15) is 0 Å². The SMILES string of the molecule is CC(C)(C)OC(=O)N1CCO[C@@H](COCCN)[C@H](c2ccc(Cl)c(Cl)c2)C1. The van der Waals surface area contributed by atoms with E-state index in [1.165, 1.54) is 0 Å². The van der Waals surface area contributed by atoms with Gasteiger partial charge in [0, 0.05) is 25.6 Å². The van der Waals surface area contributed by atoms with Gasteiger partial charge in [-0.05, 0) is 38.5 Å². The summed E-state index contributed by atoms with van der Waals surface area (Å²) in [5.74, 6) is -0.132. The Bertz CT molecular complexity index is 637. The second-order valence-corrected chi connectivity index (χ2v) is 8.29. The van der Waals surface area contributed by atoms with E-state index in [1.54, 1.807) is 11.0 Å². The van der Waals surface area contributed by atoms with E-state index in [-0.39, 0.29) is 18.1 Å². The Labute approximate surface area is 170 Å². The molecule has 1 fully saturated rings. The molecule has 1 aromatic carbocycles. The van der Waals surface area contributed by atoms with Gasteiger partial charge in [-0.1, -0.05) is 29.3 Å². The molecule has 0 radical (unpaired) electrons. The minimum absolute atomic E-state index is 0.132. The van der Waals surface area contributed by atoms with E-state index < -0.39 is 5.60 Å². The molecule has 2 atom stereocenters. The zero-order chi connectivity index (χ0) is 20.0. The lowest BCUT2D eigenvalue weighted by Gasteiger charge is -2.30. The van der Waals surface area contributed by atoms with Gasteiger partial charge in [0.2, 0.25) is 0 Å². The number of benzene rings is 1. The third-order valence-corrected chi connectivity index (χ3v) is 4.87. The van der Waals surface area contributed by atoms with Crippen LogP contribution < -0.4 is 5.73 Å². The summed E-state index contributed by atoms with van der Waals surface area (Å²) in [5, 5.41) is 0.943. The second-order valence-electron chi connectivity index (χ2n) is 7.48. The molecule has 0 bridgehead atoms. The van der Waals surface area contributed by atoms with Gasteiger partial charge in [-0.3, -0.25) is 0 Å². The first kappa shape index (κ1) is 22.2. The average molecular weight is 419 g/mol. The van der Waals surface area contributed by atoms with Crippen LogP contribution in [0.3, 0.4) is 0 Å². The summed E-state index contributed by atoms with van der Waals surface area (Å²) in [6.45, 7) is 8.08. The Hall–Kier alpha value is -1.05. The molecule has 1 heterocycles. The van der Waals surface area contributed by atoms with Crippen molar-refractivity contribution in [3.05, 3.63) is 33.8 Å². The van der Waals surface area contributed by atoms with Gasteiger partial charge >= 0.3 is 6.09 Å². The van der Waals surface area contributed by atoms with E-state index in [2.05, 4.69) is 0 Å². The van der Waals surface area contributed by atoms with Crippen LogP contribution in [0.5, 0.6) is 0 Å². The lowest BCUT2D eigenvalue weighted by atomic mass is 9.93. The predicted molar refractivity (Wildman–Crippen MR) is 107 cm³/mol. The van der Waals surface area contributed by atoms with Crippen LogP contribution in [-0.4, -0.2) is 62.2 Å². The maximum atomic E-state index is 12.6. The predicted octanol–water partition coefficient (Wildman–Crippen LogP) is 3.69. The molecule has 0 spiro atoms. The lowest BCUT2D eigenvalue weighted by molar-refractivity contribution is -0.0176. The summed E-state index contributed by atoms with van der Waals surface area (Å²) in [5.41, 5.74) is 5.88. The normalized spacial score (nSPS) is 21.0. The Balaban J connectivity index is 2.23. The van der Waals surface area contributed by atoms with Crippen molar-refractivity contribution in [1.29, 1.82) is 0 Å². The summed E-state index contributed by atoms with van der Waals surface area (Å²) in [6.07, 6.45) is -0.596. The van der Waals surface area contributed by atoms with Crippen molar-refractivity contribution in [1.82, 2.24) is 4.90 Å². The van der Waals surface area contributed by atoms with Gasteiger partial charge in [-0.15, -0.1) is 0 Å². The number of halogens is 2. The Morgan fingerprint density at radius 1 is 1.33 bits per heavy atom. The lowest BCUT2D eigenvalue weighted by Crippen LogP contribution is -2.40. The molecular weight excluding hydrogens is 391 g/mol. The molecule has 152 valence electrons. The summed E-state index contributed by atoms with van der Waals surface area (Å²) in [6, 6.07) is 5.46. The van der Waals surface area contributed by atoms with Crippen LogP contribution in [0.1, 0.15) is 32.3 Å². The van der Waals surface area contributed by atoms with Crippen molar-refractivity contribution in [2.24, 2.45) is 5.73 Å². The van der Waals surface area contributed by atoms with Crippen molar-refractivity contribution < 1.29 is 19.0 Å². The molecule has 0 aliphatic carbocycles. The fourth-order valence-electron chi connectivity index (χ4n) is 2.88. The average Bonchev–Trinajstić information content (AvgIpc) is 2.79. The van der Waals surface area contributed by atoms with Gasteiger partial charge in [0.25, 0.3) is 0 Å². The largest absolute Gasteiger partial charge is 0.444 e. The first-order valence-corrected chi connectivity index (χ1v) is 9.79. The van der Waals surface area contributed by atoms with E-state index in [1.807, 2.05) is 32.9 Å². The quantitative estimate of drug-likeness (QED) is 0.737. The third-order valence-electron chi connectivity index (χ3n) is 4.13. The van der Waals surface area contributed by atoms with Crippen molar-refractivity contribution in [2.75, 3.05) is 39.5 Å². The molecule has 1 aliphatic heterocycles. The van der Waals surface area contributed by atoms with Gasteiger partial charge < -0.3 is 24.8 Å². The van der Waals surface area contributed by atoms with Crippen molar-refractivity contribution in [3.8, 4) is 0 Å².